The van der Waals surface area contributed by atoms with Crippen LogP contribution in [0.2, 0.25) is 0 Å². The van der Waals surface area contributed by atoms with Gasteiger partial charge in [-0.25, -0.2) is 0 Å². The highest BCUT2D eigenvalue weighted by Gasteiger charge is 2.12. The summed E-state index contributed by atoms with van der Waals surface area (Å²) < 4.78 is 5.35. The average molecular weight is 181 g/mol. The van der Waals surface area contributed by atoms with Gasteiger partial charge in [-0.15, -0.1) is 0 Å². The van der Waals surface area contributed by atoms with Crippen LogP contribution in [0.4, 0.5) is 0 Å². The van der Waals surface area contributed by atoms with E-state index in [0.29, 0.717) is 0 Å². The Morgan fingerprint density at radius 2 is 2.62 bits per heavy atom. The van der Waals surface area contributed by atoms with Crippen LogP contribution in [0.25, 0.3) is 10.4 Å². The van der Waals surface area contributed by atoms with Crippen LogP contribution in [0.3, 0.4) is 0 Å². The number of azide groups is 1. The van der Waals surface area contributed by atoms with Crippen molar-refractivity contribution in [3.63, 3.8) is 0 Å². The van der Waals surface area contributed by atoms with Gasteiger partial charge in [0, 0.05) is 4.91 Å². The van der Waals surface area contributed by atoms with Gasteiger partial charge in [-0.05, 0) is 31.2 Å². The van der Waals surface area contributed by atoms with E-state index >= 15 is 0 Å². The molecule has 0 saturated heterocycles. The Morgan fingerprint density at radius 3 is 3.15 bits per heavy atom. The van der Waals surface area contributed by atoms with Crippen molar-refractivity contribution < 1.29 is 4.74 Å². The molecule has 72 valence electrons. The van der Waals surface area contributed by atoms with Gasteiger partial charge in [-0.2, -0.15) is 0 Å². The Bertz CT molecular complexity index is 231. The van der Waals surface area contributed by atoms with Gasteiger partial charge in [0.1, 0.15) is 6.73 Å². The summed E-state index contributed by atoms with van der Waals surface area (Å²) in [5.41, 5.74) is 9.56. The predicted octanol–water partition coefficient (Wildman–Crippen LogP) is 3.16. The van der Waals surface area contributed by atoms with E-state index in [-0.39, 0.29) is 12.8 Å². The fourth-order valence-electron chi connectivity index (χ4n) is 1.50. The Morgan fingerprint density at radius 1 is 1.77 bits per heavy atom. The van der Waals surface area contributed by atoms with E-state index in [1.165, 1.54) is 5.57 Å². The second-order valence-corrected chi connectivity index (χ2v) is 3.14. The summed E-state index contributed by atoms with van der Waals surface area (Å²) >= 11 is 0. The molecule has 0 aromatic carbocycles. The molecule has 1 unspecified atom stereocenters. The first-order valence-electron chi connectivity index (χ1n) is 4.67. The maximum absolute atomic E-state index is 8.04. The first-order chi connectivity index (χ1) is 6.36. The Hall–Kier alpha value is -0.990. The number of hydrogen-bond acceptors (Lipinski definition) is 2. The molecule has 0 bridgehead atoms. The van der Waals surface area contributed by atoms with Gasteiger partial charge < -0.3 is 4.74 Å². The summed E-state index contributed by atoms with van der Waals surface area (Å²) in [5, 5.41) is 3.34. The second-order valence-electron chi connectivity index (χ2n) is 3.14. The molecule has 0 amide bonds. The number of rotatable bonds is 4. The molecule has 0 saturated carbocycles. The Balaban J connectivity index is 2.25. The minimum atomic E-state index is 0.163. The van der Waals surface area contributed by atoms with Gasteiger partial charge in [-0.1, -0.05) is 23.7 Å². The molecule has 0 radical (unpaired) electrons. The standard InChI is InChI=1S/C9H15N3O/c1-2-8-3-5-9(6-4-8)13-7-11-12-10/h3,9H,2,4-7H2,1H3. The van der Waals surface area contributed by atoms with Crippen LogP contribution in [0.1, 0.15) is 32.6 Å². The summed E-state index contributed by atoms with van der Waals surface area (Å²) in [6.45, 7) is 2.34. The summed E-state index contributed by atoms with van der Waals surface area (Å²) in [6.07, 6.45) is 6.77. The van der Waals surface area contributed by atoms with Gasteiger partial charge in [0.25, 0.3) is 0 Å². The van der Waals surface area contributed by atoms with Crippen LogP contribution in [-0.4, -0.2) is 12.8 Å². The first-order valence-corrected chi connectivity index (χ1v) is 4.67. The molecule has 1 rings (SSSR count). The Kier molecular flexibility index (Phi) is 4.36. The van der Waals surface area contributed by atoms with Crippen LogP contribution in [0.5, 0.6) is 0 Å². The molecule has 0 aliphatic heterocycles. The van der Waals surface area contributed by atoms with Gasteiger partial charge in [0.15, 0.2) is 0 Å². The molecule has 0 aromatic rings. The maximum atomic E-state index is 8.04. The van der Waals surface area contributed by atoms with Gasteiger partial charge >= 0.3 is 0 Å². The number of allylic oxidation sites excluding steroid dienone is 1. The van der Waals surface area contributed by atoms with E-state index in [1.54, 1.807) is 0 Å². The van der Waals surface area contributed by atoms with E-state index in [0.717, 1.165) is 25.7 Å². The topological polar surface area (TPSA) is 58.0 Å². The lowest BCUT2D eigenvalue weighted by Crippen LogP contribution is -2.15. The average Bonchev–Trinajstić information content (AvgIpc) is 2.19. The fraction of sp³-hybridized carbons (Fsp3) is 0.778. The smallest absolute Gasteiger partial charge is 0.126 e. The molecule has 0 fully saturated rings. The van der Waals surface area contributed by atoms with Crippen molar-refractivity contribution in [3.8, 4) is 0 Å². The molecule has 4 nitrogen and oxygen atoms in total. The first kappa shape index (κ1) is 10.1. The lowest BCUT2D eigenvalue weighted by atomic mass is 9.96. The van der Waals surface area contributed by atoms with Crippen molar-refractivity contribution in [1.82, 2.24) is 0 Å². The molecule has 0 aromatic heterocycles. The van der Waals surface area contributed by atoms with Crippen molar-refractivity contribution in [1.29, 1.82) is 0 Å². The highest BCUT2D eigenvalue weighted by Crippen LogP contribution is 2.22. The van der Waals surface area contributed by atoms with E-state index in [4.69, 9.17) is 10.3 Å². The van der Waals surface area contributed by atoms with Crippen LogP contribution in [-0.2, 0) is 4.74 Å². The van der Waals surface area contributed by atoms with E-state index in [9.17, 15) is 0 Å². The third-order valence-electron chi connectivity index (χ3n) is 2.34. The van der Waals surface area contributed by atoms with E-state index in [1.807, 2.05) is 0 Å². The lowest BCUT2D eigenvalue weighted by Gasteiger charge is -2.20. The molecular weight excluding hydrogens is 166 g/mol. The molecule has 0 N–H and O–H groups in total. The third kappa shape index (κ3) is 3.49. The normalized spacial score (nSPS) is 21.9. The van der Waals surface area contributed by atoms with Crippen molar-refractivity contribution in [3.05, 3.63) is 22.1 Å². The molecule has 4 heteroatoms. The molecule has 13 heavy (non-hydrogen) atoms. The van der Waals surface area contributed by atoms with Crippen LogP contribution >= 0.6 is 0 Å². The van der Waals surface area contributed by atoms with Gasteiger partial charge in [0.05, 0.1) is 6.10 Å². The SMILES string of the molecule is CCC1=CCC(OCN=[N+]=[N-])CC1. The van der Waals surface area contributed by atoms with Crippen LogP contribution in [0, 0.1) is 0 Å². The highest BCUT2D eigenvalue weighted by atomic mass is 16.5. The zero-order valence-electron chi connectivity index (χ0n) is 7.94. The quantitative estimate of drug-likeness (QED) is 0.284. The van der Waals surface area contributed by atoms with Gasteiger partial charge in [-0.3, -0.25) is 0 Å². The van der Waals surface area contributed by atoms with Crippen molar-refractivity contribution in [2.24, 2.45) is 5.11 Å². The van der Waals surface area contributed by atoms with Crippen molar-refractivity contribution >= 4 is 0 Å². The molecular formula is C9H15N3O. The minimum Gasteiger partial charge on any atom is -0.372 e. The Labute approximate surface area is 78.2 Å². The molecule has 1 atom stereocenters. The monoisotopic (exact) mass is 181 g/mol. The highest BCUT2D eigenvalue weighted by molar-refractivity contribution is 5.06. The summed E-state index contributed by atoms with van der Waals surface area (Å²) in [6, 6.07) is 0. The molecule has 0 heterocycles. The fourth-order valence-corrected chi connectivity index (χ4v) is 1.50. The number of ether oxygens (including phenoxy) is 1. The maximum Gasteiger partial charge on any atom is 0.126 e. The third-order valence-corrected chi connectivity index (χ3v) is 2.34. The number of hydrogen-bond donors (Lipinski definition) is 0. The van der Waals surface area contributed by atoms with Crippen molar-refractivity contribution in [2.45, 2.75) is 38.7 Å². The summed E-state index contributed by atoms with van der Waals surface area (Å²) in [4.78, 5) is 2.64. The van der Waals surface area contributed by atoms with Gasteiger partial charge in [0.2, 0.25) is 0 Å². The zero-order chi connectivity index (χ0) is 9.52. The number of nitrogens with zero attached hydrogens (tertiary/aromatic N) is 3. The molecule has 1 aliphatic carbocycles. The second kappa shape index (κ2) is 5.62. The van der Waals surface area contributed by atoms with E-state index < -0.39 is 0 Å². The largest absolute Gasteiger partial charge is 0.372 e. The summed E-state index contributed by atoms with van der Waals surface area (Å²) in [7, 11) is 0. The van der Waals surface area contributed by atoms with Crippen molar-refractivity contribution in [2.75, 3.05) is 6.73 Å². The molecule has 0 spiro atoms. The lowest BCUT2D eigenvalue weighted by molar-refractivity contribution is 0.0511. The minimum absolute atomic E-state index is 0.163. The predicted molar refractivity (Wildman–Crippen MR) is 51.1 cm³/mol. The van der Waals surface area contributed by atoms with E-state index in [2.05, 4.69) is 23.0 Å². The molecule has 1 aliphatic rings. The van der Waals surface area contributed by atoms with Crippen LogP contribution in [0.15, 0.2) is 16.8 Å². The zero-order valence-corrected chi connectivity index (χ0v) is 7.94. The summed E-state index contributed by atoms with van der Waals surface area (Å²) in [5.74, 6) is 0. The van der Waals surface area contributed by atoms with Crippen LogP contribution < -0.4 is 0 Å².